The Morgan fingerprint density at radius 3 is 1.53 bits per heavy atom. The Balaban J connectivity index is 1.07. The molecule has 0 aliphatic carbocycles. The van der Waals surface area contributed by atoms with Crippen molar-refractivity contribution < 1.29 is 0 Å². The minimum absolute atomic E-state index is 0.644. The topological polar surface area (TPSA) is 38.7 Å². The Morgan fingerprint density at radius 1 is 0.368 bits per heavy atom. The van der Waals surface area contributed by atoms with Gasteiger partial charge in [-0.05, 0) is 74.5 Å². The third-order valence-corrected chi connectivity index (χ3v) is 14.1. The van der Waals surface area contributed by atoms with Crippen LogP contribution < -0.4 is 5.19 Å². The second-order valence-corrected chi connectivity index (χ2v) is 21.8. The van der Waals surface area contributed by atoms with Crippen molar-refractivity contribution >= 4 is 55.5 Å². The molecule has 0 atom stereocenters. The Morgan fingerprint density at radius 2 is 0.842 bits per heavy atom. The van der Waals surface area contributed by atoms with E-state index < -0.39 is 8.07 Å². The molecule has 10 rings (SSSR count). The lowest BCUT2D eigenvalue weighted by Crippen LogP contribution is -2.37. The summed E-state index contributed by atoms with van der Waals surface area (Å²) in [6.07, 6.45) is 0. The van der Waals surface area contributed by atoms with Gasteiger partial charge in [-0.15, -0.1) is 11.3 Å². The Labute approximate surface area is 338 Å². The van der Waals surface area contributed by atoms with Crippen LogP contribution in [0.15, 0.2) is 182 Å². The van der Waals surface area contributed by atoms with E-state index in [9.17, 15) is 0 Å². The maximum Gasteiger partial charge on any atom is 0.164 e. The zero-order valence-electron chi connectivity index (χ0n) is 32.1. The quantitative estimate of drug-likeness (QED) is 0.152. The van der Waals surface area contributed by atoms with E-state index in [1.165, 1.54) is 47.6 Å². The fourth-order valence-electron chi connectivity index (χ4n) is 7.88. The van der Waals surface area contributed by atoms with Crippen molar-refractivity contribution in [1.82, 2.24) is 15.0 Å². The number of nitrogens with zero attached hydrogens (tertiary/aromatic N) is 3. The van der Waals surface area contributed by atoms with Gasteiger partial charge in [0.05, 0.1) is 8.07 Å². The summed E-state index contributed by atoms with van der Waals surface area (Å²) in [4.78, 5) is 15.7. The molecule has 3 nitrogen and oxygen atoms in total. The summed E-state index contributed by atoms with van der Waals surface area (Å²) in [6.45, 7) is 7.18. The summed E-state index contributed by atoms with van der Waals surface area (Å²) in [6, 6.07) is 65.3. The van der Waals surface area contributed by atoms with Crippen LogP contribution in [0.25, 0.3) is 98.5 Å². The number of aromatic nitrogens is 3. The highest BCUT2D eigenvalue weighted by molar-refractivity contribution is 7.25. The van der Waals surface area contributed by atoms with Gasteiger partial charge >= 0.3 is 0 Å². The molecule has 0 spiro atoms. The molecule has 57 heavy (non-hydrogen) atoms. The zero-order chi connectivity index (χ0) is 38.5. The smallest absolute Gasteiger partial charge is 0.164 e. The number of thiophene rings is 1. The van der Waals surface area contributed by atoms with E-state index in [1.807, 2.05) is 0 Å². The normalized spacial score (nSPS) is 11.8. The van der Waals surface area contributed by atoms with Gasteiger partial charge in [-0.1, -0.05) is 176 Å². The fourth-order valence-corrected chi connectivity index (χ4v) is 10.2. The molecule has 272 valence electrons. The lowest BCUT2D eigenvalue weighted by molar-refractivity contribution is 1.08. The second-order valence-electron chi connectivity index (χ2n) is 15.7. The SMILES string of the molecule is C[Si](C)(C)c1ccc(-c2cccc(-c3cccc(-c4cccc(-c5nc(-c6cccc7ccccc67)nc(-c6cccc7sc8ccccc8c67)n5)c4)c3)c2)cc1. The lowest BCUT2D eigenvalue weighted by atomic mass is 9.95. The largest absolute Gasteiger partial charge is 0.208 e. The van der Waals surface area contributed by atoms with E-state index in [4.69, 9.17) is 15.0 Å². The average molecular weight is 766 g/mol. The first-order chi connectivity index (χ1) is 27.9. The summed E-state index contributed by atoms with van der Waals surface area (Å²) in [5.41, 5.74) is 10.0. The van der Waals surface area contributed by atoms with Crippen molar-refractivity contribution in [3.05, 3.63) is 182 Å². The first-order valence-electron chi connectivity index (χ1n) is 19.4. The maximum atomic E-state index is 5.26. The molecule has 0 fully saturated rings. The Kier molecular flexibility index (Phi) is 8.70. The molecular weight excluding hydrogens is 727 g/mol. The first kappa shape index (κ1) is 34.9. The van der Waals surface area contributed by atoms with Gasteiger partial charge in [0, 0.05) is 36.9 Å². The highest BCUT2D eigenvalue weighted by Gasteiger charge is 2.19. The molecule has 0 aliphatic heterocycles. The van der Waals surface area contributed by atoms with Gasteiger partial charge in [-0.2, -0.15) is 0 Å². The van der Waals surface area contributed by atoms with Crippen LogP contribution >= 0.6 is 11.3 Å². The average Bonchev–Trinajstić information content (AvgIpc) is 3.65. The van der Waals surface area contributed by atoms with Crippen molar-refractivity contribution in [2.24, 2.45) is 0 Å². The van der Waals surface area contributed by atoms with E-state index in [0.29, 0.717) is 17.5 Å². The minimum Gasteiger partial charge on any atom is -0.208 e. The molecule has 0 bridgehead atoms. The Hall–Kier alpha value is -6.53. The molecule has 0 saturated heterocycles. The number of rotatable bonds is 7. The third-order valence-electron chi connectivity index (χ3n) is 10.9. The number of benzene rings is 8. The van der Waals surface area contributed by atoms with Crippen LogP contribution in [-0.2, 0) is 0 Å². The maximum absolute atomic E-state index is 5.26. The van der Waals surface area contributed by atoms with Crippen molar-refractivity contribution in [2.75, 3.05) is 0 Å². The van der Waals surface area contributed by atoms with Crippen LogP contribution in [0, 0.1) is 0 Å². The number of hydrogen-bond donors (Lipinski definition) is 0. The molecule has 0 saturated carbocycles. The van der Waals surface area contributed by atoms with Crippen molar-refractivity contribution in [3.63, 3.8) is 0 Å². The predicted molar refractivity (Wildman–Crippen MR) is 246 cm³/mol. The molecule has 8 aromatic carbocycles. The van der Waals surface area contributed by atoms with Crippen molar-refractivity contribution in [1.29, 1.82) is 0 Å². The van der Waals surface area contributed by atoms with Gasteiger partial charge in [-0.3, -0.25) is 0 Å². The highest BCUT2D eigenvalue weighted by atomic mass is 32.1. The van der Waals surface area contributed by atoms with Gasteiger partial charge in [0.1, 0.15) is 0 Å². The summed E-state index contributed by atoms with van der Waals surface area (Å²) in [7, 11) is -1.36. The minimum atomic E-state index is -1.36. The molecule has 0 radical (unpaired) electrons. The van der Waals surface area contributed by atoms with Gasteiger partial charge in [0.2, 0.25) is 0 Å². The van der Waals surface area contributed by atoms with Gasteiger partial charge in [0.15, 0.2) is 17.5 Å². The molecule has 0 unspecified atom stereocenters. The van der Waals surface area contributed by atoms with E-state index in [0.717, 1.165) is 38.6 Å². The summed E-state index contributed by atoms with van der Waals surface area (Å²) in [5, 5.41) is 6.13. The lowest BCUT2D eigenvalue weighted by Gasteiger charge is -2.17. The zero-order valence-corrected chi connectivity index (χ0v) is 33.9. The molecule has 2 heterocycles. The van der Waals surface area contributed by atoms with Crippen LogP contribution in [0.1, 0.15) is 0 Å². The molecule has 0 aliphatic rings. The highest BCUT2D eigenvalue weighted by Crippen LogP contribution is 2.40. The van der Waals surface area contributed by atoms with E-state index in [1.54, 1.807) is 11.3 Å². The molecule has 2 aromatic heterocycles. The molecule has 0 amide bonds. The van der Waals surface area contributed by atoms with Crippen LogP contribution in [0.5, 0.6) is 0 Å². The summed E-state index contributed by atoms with van der Waals surface area (Å²) >= 11 is 1.80. The second kappa shape index (κ2) is 14.2. The molecular formula is C52H39N3SSi. The molecule has 5 heteroatoms. The first-order valence-corrected chi connectivity index (χ1v) is 23.7. The van der Waals surface area contributed by atoms with Crippen LogP contribution in [-0.4, -0.2) is 23.0 Å². The Bertz CT molecular complexity index is 3120. The van der Waals surface area contributed by atoms with Gasteiger partial charge in [0.25, 0.3) is 0 Å². The molecule has 10 aromatic rings. The van der Waals surface area contributed by atoms with Gasteiger partial charge in [-0.25, -0.2) is 15.0 Å². The van der Waals surface area contributed by atoms with Gasteiger partial charge < -0.3 is 0 Å². The number of hydrogen-bond acceptors (Lipinski definition) is 4. The standard InChI is InChI=1S/C52H39N3SSi/c1-57(2,3)42-29-27-34(28-30-42)36-15-8-16-37(31-36)38-17-9-18-39(32-38)40-19-10-20-41(33-40)50-53-51(44-23-11-14-35-13-4-5-21-43(35)44)55-52(54-50)46-24-12-26-48-49(46)45-22-6-7-25-47(45)56-48/h4-33H,1-3H3. The monoisotopic (exact) mass is 765 g/mol. The van der Waals surface area contributed by atoms with E-state index in [2.05, 4.69) is 202 Å². The van der Waals surface area contributed by atoms with E-state index >= 15 is 0 Å². The molecule has 0 N–H and O–H groups in total. The predicted octanol–water partition coefficient (Wildman–Crippen LogP) is 13.9. The van der Waals surface area contributed by atoms with Crippen LogP contribution in [0.2, 0.25) is 19.6 Å². The van der Waals surface area contributed by atoms with E-state index in [-0.39, 0.29) is 0 Å². The van der Waals surface area contributed by atoms with Crippen LogP contribution in [0.4, 0.5) is 0 Å². The third kappa shape index (κ3) is 6.65. The fraction of sp³-hybridized carbons (Fsp3) is 0.0577. The van der Waals surface area contributed by atoms with Crippen molar-refractivity contribution in [3.8, 4) is 67.5 Å². The van der Waals surface area contributed by atoms with Crippen LogP contribution in [0.3, 0.4) is 0 Å². The number of fused-ring (bicyclic) bond motifs is 4. The summed E-state index contributed by atoms with van der Waals surface area (Å²) < 4.78 is 2.47. The summed E-state index contributed by atoms with van der Waals surface area (Å²) in [5.74, 6) is 1.97. The van der Waals surface area contributed by atoms with Crippen molar-refractivity contribution in [2.45, 2.75) is 19.6 Å².